The first-order chi connectivity index (χ1) is 12.9. The highest BCUT2D eigenvalue weighted by atomic mass is 32.2. The fraction of sp³-hybridized carbons (Fsp3) is 0.421. The van der Waals surface area contributed by atoms with E-state index in [9.17, 15) is 13.2 Å². The lowest BCUT2D eigenvalue weighted by Crippen LogP contribution is -2.43. The molecule has 0 radical (unpaired) electrons. The number of piperidine rings is 1. The van der Waals surface area contributed by atoms with Gasteiger partial charge in [-0.05, 0) is 31.9 Å². The summed E-state index contributed by atoms with van der Waals surface area (Å²) in [5.41, 5.74) is -0.455. The molecule has 0 bridgehead atoms. The highest BCUT2D eigenvalue weighted by Gasteiger charge is 2.28. The van der Waals surface area contributed by atoms with Crippen LogP contribution in [0.2, 0.25) is 0 Å². The van der Waals surface area contributed by atoms with Gasteiger partial charge in [-0.2, -0.15) is 0 Å². The Balaban J connectivity index is 1.48. The van der Waals surface area contributed by atoms with E-state index in [1.54, 1.807) is 25.1 Å². The van der Waals surface area contributed by atoms with Gasteiger partial charge < -0.3 is 13.9 Å². The van der Waals surface area contributed by atoms with Gasteiger partial charge in [0.2, 0.25) is 10.0 Å². The number of para-hydroxylation sites is 1. The van der Waals surface area contributed by atoms with Gasteiger partial charge in [0.1, 0.15) is 30.0 Å². The highest BCUT2D eigenvalue weighted by Crippen LogP contribution is 2.20. The van der Waals surface area contributed by atoms with Crippen molar-refractivity contribution < 1.29 is 22.3 Å². The largest absolute Gasteiger partial charge is 0.492 e. The number of rotatable bonds is 7. The lowest BCUT2D eigenvalue weighted by molar-refractivity contribution is 0.133. The maximum atomic E-state index is 12.5. The summed E-state index contributed by atoms with van der Waals surface area (Å²) in [6.07, 6.45) is 1.01. The standard InChI is InChI=1S/C19H23NO6S/c1-15-13-18(14-19(21)25-15)26-17-7-9-20(10-8-17)27(22,23)12-11-24-16-5-3-2-4-6-16/h2-6,13-14,17H,7-12H2,1H3. The average molecular weight is 393 g/mol. The minimum Gasteiger partial charge on any atom is -0.492 e. The van der Waals surface area contributed by atoms with Crippen molar-refractivity contribution in [1.82, 2.24) is 4.31 Å². The molecule has 1 aliphatic rings. The molecule has 1 fully saturated rings. The molecule has 27 heavy (non-hydrogen) atoms. The van der Waals surface area contributed by atoms with Gasteiger partial charge in [-0.15, -0.1) is 0 Å². The summed E-state index contributed by atoms with van der Waals surface area (Å²) in [7, 11) is -3.38. The Hall–Kier alpha value is -2.32. The molecular formula is C19H23NO6S. The molecule has 2 heterocycles. The SMILES string of the molecule is Cc1cc(OC2CCN(S(=O)(=O)CCOc3ccccc3)CC2)cc(=O)o1. The number of nitrogens with zero attached hydrogens (tertiary/aromatic N) is 1. The zero-order valence-electron chi connectivity index (χ0n) is 15.2. The molecule has 1 saturated heterocycles. The van der Waals surface area contributed by atoms with E-state index in [1.807, 2.05) is 18.2 Å². The molecular weight excluding hydrogens is 370 g/mol. The summed E-state index contributed by atoms with van der Waals surface area (Å²) in [4.78, 5) is 11.4. The minimum atomic E-state index is -3.38. The van der Waals surface area contributed by atoms with Crippen molar-refractivity contribution in [3.63, 3.8) is 0 Å². The summed E-state index contributed by atoms with van der Waals surface area (Å²) in [6, 6.07) is 12.1. The number of hydrogen-bond donors (Lipinski definition) is 0. The molecule has 146 valence electrons. The Morgan fingerprint density at radius 3 is 2.48 bits per heavy atom. The summed E-state index contributed by atoms with van der Waals surface area (Å²) >= 11 is 0. The van der Waals surface area contributed by atoms with Crippen LogP contribution >= 0.6 is 0 Å². The smallest absolute Gasteiger partial charge is 0.339 e. The number of aryl methyl sites for hydroxylation is 1. The quantitative estimate of drug-likeness (QED) is 0.717. The molecule has 0 aliphatic carbocycles. The topological polar surface area (TPSA) is 86.0 Å². The van der Waals surface area contributed by atoms with Crippen LogP contribution in [0.15, 0.2) is 51.7 Å². The van der Waals surface area contributed by atoms with E-state index in [4.69, 9.17) is 13.9 Å². The van der Waals surface area contributed by atoms with Crippen molar-refractivity contribution in [2.45, 2.75) is 25.9 Å². The summed E-state index contributed by atoms with van der Waals surface area (Å²) < 4.78 is 42.6. The van der Waals surface area contributed by atoms with Crippen molar-refractivity contribution in [1.29, 1.82) is 0 Å². The maximum Gasteiger partial charge on any atom is 0.339 e. The van der Waals surface area contributed by atoms with Crippen LogP contribution in [0.1, 0.15) is 18.6 Å². The molecule has 1 aromatic carbocycles. The molecule has 0 atom stereocenters. The molecule has 1 aliphatic heterocycles. The van der Waals surface area contributed by atoms with Crippen LogP contribution in [0.25, 0.3) is 0 Å². The zero-order chi connectivity index (χ0) is 19.3. The van der Waals surface area contributed by atoms with Gasteiger partial charge >= 0.3 is 5.63 Å². The minimum absolute atomic E-state index is 0.0632. The Bertz CT molecular complexity index is 901. The number of benzene rings is 1. The lowest BCUT2D eigenvalue weighted by atomic mass is 10.1. The monoisotopic (exact) mass is 393 g/mol. The third-order valence-electron chi connectivity index (χ3n) is 4.32. The van der Waals surface area contributed by atoms with Gasteiger partial charge in [0.25, 0.3) is 0 Å². The fourth-order valence-corrected chi connectivity index (χ4v) is 4.29. The van der Waals surface area contributed by atoms with Crippen LogP contribution in [-0.2, 0) is 10.0 Å². The number of ether oxygens (including phenoxy) is 2. The van der Waals surface area contributed by atoms with Crippen molar-refractivity contribution in [3.05, 3.63) is 58.6 Å². The van der Waals surface area contributed by atoms with Crippen LogP contribution in [0.4, 0.5) is 0 Å². The third-order valence-corrected chi connectivity index (χ3v) is 6.15. The van der Waals surface area contributed by atoms with Crippen molar-refractivity contribution in [2.24, 2.45) is 0 Å². The number of sulfonamides is 1. The Morgan fingerprint density at radius 1 is 1.11 bits per heavy atom. The summed E-state index contributed by atoms with van der Waals surface area (Å²) in [5.74, 6) is 1.53. The second-order valence-electron chi connectivity index (χ2n) is 6.42. The van der Waals surface area contributed by atoms with Crippen molar-refractivity contribution >= 4 is 10.0 Å². The molecule has 8 heteroatoms. The van der Waals surface area contributed by atoms with Gasteiger partial charge in [-0.1, -0.05) is 18.2 Å². The highest BCUT2D eigenvalue weighted by molar-refractivity contribution is 7.89. The van der Waals surface area contributed by atoms with Crippen molar-refractivity contribution in [3.8, 4) is 11.5 Å². The van der Waals surface area contributed by atoms with Crippen molar-refractivity contribution in [2.75, 3.05) is 25.4 Å². The molecule has 1 aromatic heterocycles. The molecule has 0 N–H and O–H groups in total. The maximum absolute atomic E-state index is 12.5. The van der Waals surface area contributed by atoms with Crippen LogP contribution in [0.5, 0.6) is 11.5 Å². The zero-order valence-corrected chi connectivity index (χ0v) is 16.0. The second kappa shape index (κ2) is 8.58. The van der Waals surface area contributed by atoms with Gasteiger partial charge in [-0.3, -0.25) is 0 Å². The molecule has 0 saturated carbocycles. The van der Waals surface area contributed by atoms with Crippen LogP contribution < -0.4 is 15.1 Å². The van der Waals surface area contributed by atoms with E-state index < -0.39 is 15.6 Å². The normalized spacial score (nSPS) is 16.2. The van der Waals surface area contributed by atoms with E-state index >= 15 is 0 Å². The van der Waals surface area contributed by atoms with Gasteiger partial charge in [0, 0.05) is 19.2 Å². The average Bonchev–Trinajstić information content (AvgIpc) is 2.62. The predicted octanol–water partition coefficient (Wildman–Crippen LogP) is 2.20. The van der Waals surface area contributed by atoms with Gasteiger partial charge in [-0.25, -0.2) is 17.5 Å². The Labute approximate surface area is 158 Å². The Morgan fingerprint density at radius 2 is 1.81 bits per heavy atom. The molecule has 0 spiro atoms. The molecule has 2 aromatic rings. The molecule has 0 amide bonds. The first kappa shape index (κ1) is 19.4. The van der Waals surface area contributed by atoms with Gasteiger partial charge in [0.05, 0.1) is 11.8 Å². The van der Waals surface area contributed by atoms with Crippen LogP contribution in [-0.4, -0.2) is 44.3 Å². The fourth-order valence-electron chi connectivity index (χ4n) is 2.98. The predicted molar refractivity (Wildman–Crippen MR) is 101 cm³/mol. The van der Waals surface area contributed by atoms with E-state index in [0.29, 0.717) is 43.2 Å². The third kappa shape index (κ3) is 5.58. The van der Waals surface area contributed by atoms with E-state index in [0.717, 1.165) is 0 Å². The van der Waals surface area contributed by atoms with Crippen LogP contribution in [0.3, 0.4) is 0 Å². The molecule has 3 rings (SSSR count). The lowest BCUT2D eigenvalue weighted by Gasteiger charge is -2.31. The number of hydrogen-bond acceptors (Lipinski definition) is 6. The van der Waals surface area contributed by atoms with Crippen LogP contribution in [0, 0.1) is 6.92 Å². The van der Waals surface area contributed by atoms with Gasteiger partial charge in [0.15, 0.2) is 0 Å². The summed E-state index contributed by atoms with van der Waals surface area (Å²) in [6.45, 7) is 2.57. The van der Waals surface area contributed by atoms with E-state index in [1.165, 1.54) is 10.4 Å². The Kier molecular flexibility index (Phi) is 6.18. The summed E-state index contributed by atoms with van der Waals surface area (Å²) in [5, 5.41) is 0. The second-order valence-corrected chi connectivity index (χ2v) is 8.51. The first-order valence-electron chi connectivity index (χ1n) is 8.86. The molecule has 7 nitrogen and oxygen atoms in total. The van der Waals surface area contributed by atoms with E-state index in [-0.39, 0.29) is 18.5 Å². The molecule has 0 unspecified atom stereocenters. The van der Waals surface area contributed by atoms with E-state index in [2.05, 4.69) is 0 Å². The first-order valence-corrected chi connectivity index (χ1v) is 10.5.